The molecule has 0 spiro atoms. The average molecular weight is 294 g/mol. The molecule has 2 saturated heterocycles. The molecule has 0 bridgehead atoms. The molecule has 0 radical (unpaired) electrons. The molecule has 20 heavy (non-hydrogen) atoms. The molecule has 1 aromatic heterocycles. The number of likely N-dealkylation sites (N-methyl/N-ethyl adjacent to an activating group) is 1. The van der Waals surface area contributed by atoms with E-state index in [2.05, 4.69) is 47.5 Å². The normalized spacial score (nSPS) is 30.6. The van der Waals surface area contributed by atoms with Gasteiger partial charge in [0.1, 0.15) is 0 Å². The lowest BCUT2D eigenvalue weighted by atomic mass is 10.0. The van der Waals surface area contributed by atoms with E-state index in [-0.39, 0.29) is 0 Å². The van der Waals surface area contributed by atoms with Crippen LogP contribution in [0.4, 0.5) is 0 Å². The highest BCUT2D eigenvalue weighted by Gasteiger charge is 2.41. The van der Waals surface area contributed by atoms with Crippen molar-refractivity contribution in [3.63, 3.8) is 0 Å². The number of fused-ring (bicyclic) bond motifs is 1. The van der Waals surface area contributed by atoms with E-state index in [1.54, 1.807) is 11.3 Å². The second-order valence-corrected chi connectivity index (χ2v) is 7.43. The standard InChI is InChI=1S/C16H26N2OS/c1-12(2)17(3)9-15-6-14-8-18(10-16(14)19-15)7-13-4-5-20-11-13/h4-5,11-12,14-16H,6-10H2,1-3H3/t14-,15-,16+/m0/s1. The maximum Gasteiger partial charge on any atom is 0.0747 e. The number of hydrogen-bond donors (Lipinski definition) is 0. The fourth-order valence-electron chi connectivity index (χ4n) is 3.37. The van der Waals surface area contributed by atoms with E-state index in [4.69, 9.17) is 4.74 Å². The summed E-state index contributed by atoms with van der Waals surface area (Å²) in [5.41, 5.74) is 1.45. The van der Waals surface area contributed by atoms with E-state index in [0.717, 1.165) is 25.6 Å². The Morgan fingerprint density at radius 1 is 1.45 bits per heavy atom. The molecule has 3 rings (SSSR count). The van der Waals surface area contributed by atoms with Crippen LogP contribution in [0.15, 0.2) is 16.8 Å². The molecular weight excluding hydrogens is 268 g/mol. The van der Waals surface area contributed by atoms with Crippen molar-refractivity contribution in [1.29, 1.82) is 0 Å². The third-order valence-corrected chi connectivity index (χ3v) is 5.48. The Bertz CT molecular complexity index is 406. The Kier molecular flexibility index (Phi) is 4.46. The lowest BCUT2D eigenvalue weighted by Gasteiger charge is -2.25. The van der Waals surface area contributed by atoms with E-state index < -0.39 is 0 Å². The third-order valence-electron chi connectivity index (χ3n) is 4.75. The predicted molar refractivity (Wildman–Crippen MR) is 84.1 cm³/mol. The number of thiophene rings is 1. The van der Waals surface area contributed by atoms with Crippen LogP contribution in [0.3, 0.4) is 0 Å². The van der Waals surface area contributed by atoms with Gasteiger partial charge in [-0.25, -0.2) is 0 Å². The van der Waals surface area contributed by atoms with Gasteiger partial charge in [-0.1, -0.05) is 0 Å². The summed E-state index contributed by atoms with van der Waals surface area (Å²) in [6.07, 6.45) is 2.15. The van der Waals surface area contributed by atoms with Crippen LogP contribution in [-0.2, 0) is 11.3 Å². The molecule has 1 aromatic rings. The number of ether oxygens (including phenoxy) is 1. The van der Waals surface area contributed by atoms with E-state index >= 15 is 0 Å². The summed E-state index contributed by atoms with van der Waals surface area (Å²) >= 11 is 1.79. The molecule has 3 nitrogen and oxygen atoms in total. The minimum atomic E-state index is 0.445. The zero-order chi connectivity index (χ0) is 14.1. The highest BCUT2D eigenvalue weighted by molar-refractivity contribution is 7.07. The van der Waals surface area contributed by atoms with Crippen LogP contribution in [0.25, 0.3) is 0 Å². The first-order valence-corrected chi connectivity index (χ1v) is 8.65. The lowest BCUT2D eigenvalue weighted by molar-refractivity contribution is 0.0171. The predicted octanol–water partition coefficient (Wildman–Crippen LogP) is 2.68. The van der Waals surface area contributed by atoms with Crippen LogP contribution in [0.2, 0.25) is 0 Å². The lowest BCUT2D eigenvalue weighted by Crippen LogP contribution is -2.35. The molecule has 2 aliphatic heterocycles. The highest BCUT2D eigenvalue weighted by atomic mass is 32.1. The average Bonchev–Trinajstić information content (AvgIpc) is 3.05. The van der Waals surface area contributed by atoms with Crippen molar-refractivity contribution in [3.8, 4) is 0 Å². The second-order valence-electron chi connectivity index (χ2n) is 6.65. The van der Waals surface area contributed by atoms with E-state index in [9.17, 15) is 0 Å². The van der Waals surface area contributed by atoms with Crippen molar-refractivity contribution in [2.24, 2.45) is 5.92 Å². The van der Waals surface area contributed by atoms with Crippen LogP contribution in [-0.4, -0.2) is 54.7 Å². The molecule has 0 aliphatic carbocycles. The maximum atomic E-state index is 6.27. The molecule has 2 fully saturated rings. The van der Waals surface area contributed by atoms with Crippen molar-refractivity contribution in [2.75, 3.05) is 26.7 Å². The van der Waals surface area contributed by atoms with Gasteiger partial charge in [-0.05, 0) is 49.7 Å². The first-order valence-electron chi connectivity index (χ1n) is 7.71. The SMILES string of the molecule is CC(C)N(C)C[C@@H]1C[C@H]2CN(Cc3ccsc3)C[C@H]2O1. The fraction of sp³-hybridized carbons (Fsp3) is 0.750. The third kappa shape index (κ3) is 3.25. The van der Waals surface area contributed by atoms with E-state index in [1.165, 1.54) is 18.5 Å². The maximum absolute atomic E-state index is 6.27. The highest BCUT2D eigenvalue weighted by Crippen LogP contribution is 2.34. The quantitative estimate of drug-likeness (QED) is 0.830. The van der Waals surface area contributed by atoms with Crippen LogP contribution < -0.4 is 0 Å². The fourth-order valence-corrected chi connectivity index (χ4v) is 4.03. The van der Waals surface area contributed by atoms with Crippen molar-refractivity contribution < 1.29 is 4.74 Å². The van der Waals surface area contributed by atoms with Crippen molar-refractivity contribution >= 4 is 11.3 Å². The molecule has 2 aliphatic rings. The molecule has 3 atom stereocenters. The molecule has 0 N–H and O–H groups in total. The second kappa shape index (κ2) is 6.14. The Morgan fingerprint density at radius 3 is 2.95 bits per heavy atom. The monoisotopic (exact) mass is 294 g/mol. The van der Waals surface area contributed by atoms with Gasteiger partial charge in [0.15, 0.2) is 0 Å². The minimum Gasteiger partial charge on any atom is -0.372 e. The van der Waals surface area contributed by atoms with Crippen molar-refractivity contribution in [2.45, 2.75) is 45.1 Å². The number of rotatable bonds is 5. The van der Waals surface area contributed by atoms with Gasteiger partial charge in [0, 0.05) is 38.1 Å². The first-order chi connectivity index (χ1) is 9.61. The van der Waals surface area contributed by atoms with Crippen LogP contribution in [0, 0.1) is 5.92 Å². The number of likely N-dealkylation sites (tertiary alicyclic amines) is 1. The van der Waals surface area contributed by atoms with Gasteiger partial charge in [-0.15, -0.1) is 0 Å². The molecular formula is C16H26N2OS. The Balaban J connectivity index is 1.47. The summed E-state index contributed by atoms with van der Waals surface area (Å²) in [5.74, 6) is 0.749. The van der Waals surface area contributed by atoms with Crippen molar-refractivity contribution in [1.82, 2.24) is 9.80 Å². The minimum absolute atomic E-state index is 0.445. The number of nitrogens with zero attached hydrogens (tertiary/aromatic N) is 2. The summed E-state index contributed by atoms with van der Waals surface area (Å²) in [5, 5.41) is 4.43. The first kappa shape index (κ1) is 14.5. The molecule has 0 unspecified atom stereocenters. The Hall–Kier alpha value is -0.420. The van der Waals surface area contributed by atoms with Crippen LogP contribution in [0.5, 0.6) is 0 Å². The zero-order valence-corrected chi connectivity index (χ0v) is 13.6. The van der Waals surface area contributed by atoms with Gasteiger partial charge < -0.3 is 9.64 Å². The Labute approximate surface area is 126 Å². The summed E-state index contributed by atoms with van der Waals surface area (Å²) in [4.78, 5) is 4.95. The largest absolute Gasteiger partial charge is 0.372 e. The van der Waals surface area contributed by atoms with E-state index in [1.807, 2.05) is 0 Å². The smallest absolute Gasteiger partial charge is 0.0747 e. The summed E-state index contributed by atoms with van der Waals surface area (Å²) in [6.45, 7) is 8.99. The number of hydrogen-bond acceptors (Lipinski definition) is 4. The molecule has 4 heteroatoms. The van der Waals surface area contributed by atoms with Crippen molar-refractivity contribution in [3.05, 3.63) is 22.4 Å². The van der Waals surface area contributed by atoms with Gasteiger partial charge >= 0.3 is 0 Å². The van der Waals surface area contributed by atoms with Gasteiger partial charge in [0.05, 0.1) is 12.2 Å². The van der Waals surface area contributed by atoms with Crippen LogP contribution >= 0.6 is 11.3 Å². The van der Waals surface area contributed by atoms with Gasteiger partial charge in [0.2, 0.25) is 0 Å². The van der Waals surface area contributed by atoms with Gasteiger partial charge in [-0.2, -0.15) is 11.3 Å². The van der Waals surface area contributed by atoms with E-state index in [0.29, 0.717) is 18.2 Å². The van der Waals surface area contributed by atoms with Gasteiger partial charge in [-0.3, -0.25) is 4.90 Å². The summed E-state index contributed by atoms with van der Waals surface area (Å²) < 4.78 is 6.27. The molecule has 0 amide bonds. The topological polar surface area (TPSA) is 15.7 Å². The molecule has 3 heterocycles. The Morgan fingerprint density at radius 2 is 2.30 bits per heavy atom. The molecule has 0 aromatic carbocycles. The zero-order valence-electron chi connectivity index (χ0n) is 12.8. The molecule has 112 valence electrons. The van der Waals surface area contributed by atoms with Gasteiger partial charge in [0.25, 0.3) is 0 Å². The summed E-state index contributed by atoms with van der Waals surface area (Å²) in [6, 6.07) is 2.84. The van der Waals surface area contributed by atoms with Crippen LogP contribution in [0.1, 0.15) is 25.8 Å². The molecule has 0 saturated carbocycles. The summed E-state index contributed by atoms with van der Waals surface area (Å²) in [7, 11) is 2.20.